The Morgan fingerprint density at radius 2 is 1.93 bits per heavy atom. The van der Waals surface area contributed by atoms with Crippen LogP contribution in [0.15, 0.2) is 52.4 Å². The zero-order chi connectivity index (χ0) is 20.5. The molecule has 0 N–H and O–H groups in total. The SMILES string of the molecule is Cc1ccc(-n2c(SCC(=O)N3CCCC3=O)nc3ccccc3c2=O)c(C)c1. The van der Waals surface area contributed by atoms with Gasteiger partial charge in [-0.05, 0) is 44.0 Å². The molecule has 1 aliphatic rings. The molecule has 0 aliphatic carbocycles. The molecular formula is C22H21N3O3S. The van der Waals surface area contributed by atoms with E-state index >= 15 is 0 Å². The maximum Gasteiger partial charge on any atom is 0.266 e. The summed E-state index contributed by atoms with van der Waals surface area (Å²) in [6, 6.07) is 13.1. The third-order valence-electron chi connectivity index (χ3n) is 5.04. The third-order valence-corrected chi connectivity index (χ3v) is 5.96. The zero-order valence-corrected chi connectivity index (χ0v) is 17.2. The number of rotatable bonds is 4. The monoisotopic (exact) mass is 407 g/mol. The number of amides is 2. The first-order valence-corrected chi connectivity index (χ1v) is 10.5. The van der Waals surface area contributed by atoms with Gasteiger partial charge in [0, 0.05) is 13.0 Å². The van der Waals surface area contributed by atoms with Gasteiger partial charge in [0.15, 0.2) is 5.16 Å². The van der Waals surface area contributed by atoms with Crippen LogP contribution in [0, 0.1) is 13.8 Å². The normalized spacial score (nSPS) is 14.0. The number of nitrogens with zero attached hydrogens (tertiary/aromatic N) is 3. The number of hydrogen-bond donors (Lipinski definition) is 0. The van der Waals surface area contributed by atoms with Gasteiger partial charge in [0.25, 0.3) is 5.56 Å². The zero-order valence-electron chi connectivity index (χ0n) is 16.3. The van der Waals surface area contributed by atoms with Crippen molar-refractivity contribution in [2.24, 2.45) is 0 Å². The topological polar surface area (TPSA) is 72.3 Å². The van der Waals surface area contributed by atoms with Gasteiger partial charge in [0.1, 0.15) is 0 Å². The van der Waals surface area contributed by atoms with Gasteiger partial charge < -0.3 is 0 Å². The van der Waals surface area contributed by atoms with Crippen LogP contribution in [0.4, 0.5) is 0 Å². The summed E-state index contributed by atoms with van der Waals surface area (Å²) in [6.45, 7) is 4.42. The number of imide groups is 1. The lowest BCUT2D eigenvalue weighted by atomic mass is 10.1. The molecule has 148 valence electrons. The first-order valence-electron chi connectivity index (χ1n) is 9.51. The van der Waals surface area contributed by atoms with Crippen LogP contribution in [0.25, 0.3) is 16.6 Å². The average molecular weight is 407 g/mol. The summed E-state index contributed by atoms with van der Waals surface area (Å²) in [7, 11) is 0. The number of benzene rings is 2. The minimum Gasteiger partial charge on any atom is -0.282 e. The van der Waals surface area contributed by atoms with Crippen molar-refractivity contribution >= 4 is 34.5 Å². The fourth-order valence-corrected chi connectivity index (χ4v) is 4.48. The number of aryl methyl sites for hydroxylation is 2. The van der Waals surface area contributed by atoms with Crippen LogP contribution in [0.1, 0.15) is 24.0 Å². The van der Waals surface area contributed by atoms with Crippen molar-refractivity contribution in [1.82, 2.24) is 14.5 Å². The highest BCUT2D eigenvalue weighted by Crippen LogP contribution is 2.24. The fraction of sp³-hybridized carbons (Fsp3) is 0.273. The van der Waals surface area contributed by atoms with Crippen molar-refractivity contribution < 1.29 is 9.59 Å². The summed E-state index contributed by atoms with van der Waals surface area (Å²) in [5, 5.41) is 0.971. The fourth-order valence-electron chi connectivity index (χ4n) is 3.59. The molecule has 0 saturated carbocycles. The number of para-hydroxylation sites is 1. The molecule has 6 nitrogen and oxygen atoms in total. The molecule has 0 atom stereocenters. The van der Waals surface area contributed by atoms with Gasteiger partial charge >= 0.3 is 0 Å². The number of fused-ring (bicyclic) bond motifs is 1. The Kier molecular flexibility index (Phi) is 5.24. The molecular weight excluding hydrogens is 386 g/mol. The summed E-state index contributed by atoms with van der Waals surface area (Å²) in [4.78, 5) is 43.6. The van der Waals surface area contributed by atoms with Crippen molar-refractivity contribution in [2.45, 2.75) is 31.8 Å². The molecule has 2 aromatic carbocycles. The quantitative estimate of drug-likeness (QED) is 0.490. The van der Waals surface area contributed by atoms with Crippen molar-refractivity contribution in [3.8, 4) is 5.69 Å². The lowest BCUT2D eigenvalue weighted by Crippen LogP contribution is -2.33. The highest BCUT2D eigenvalue weighted by atomic mass is 32.2. The van der Waals surface area contributed by atoms with E-state index in [1.165, 1.54) is 16.7 Å². The van der Waals surface area contributed by atoms with E-state index < -0.39 is 0 Å². The van der Waals surface area contributed by atoms with E-state index in [1.807, 2.05) is 44.2 Å². The van der Waals surface area contributed by atoms with E-state index in [4.69, 9.17) is 0 Å². The Hall–Kier alpha value is -2.93. The van der Waals surface area contributed by atoms with Crippen LogP contribution in [-0.4, -0.2) is 38.6 Å². The molecule has 0 spiro atoms. The summed E-state index contributed by atoms with van der Waals surface area (Å²) in [5.41, 5.74) is 3.21. The molecule has 0 bridgehead atoms. The standard InChI is InChI=1S/C22H21N3O3S/c1-14-9-10-18(15(2)12-14)25-21(28)16-6-3-4-7-17(16)23-22(25)29-13-20(27)24-11-5-8-19(24)26/h3-4,6-7,9-10,12H,5,8,11,13H2,1-2H3. The second kappa shape index (κ2) is 7.83. The molecule has 1 saturated heterocycles. The van der Waals surface area contributed by atoms with Crippen LogP contribution < -0.4 is 5.56 Å². The smallest absolute Gasteiger partial charge is 0.266 e. The lowest BCUT2D eigenvalue weighted by molar-refractivity contribution is -0.140. The molecule has 29 heavy (non-hydrogen) atoms. The van der Waals surface area contributed by atoms with E-state index in [0.717, 1.165) is 16.8 Å². The minimum atomic E-state index is -0.243. The Labute approximate surface area is 172 Å². The Balaban J connectivity index is 1.78. The minimum absolute atomic E-state index is 0.0570. The van der Waals surface area contributed by atoms with E-state index in [9.17, 15) is 14.4 Å². The van der Waals surface area contributed by atoms with Crippen LogP contribution in [0.3, 0.4) is 0 Å². The van der Waals surface area contributed by atoms with Crippen molar-refractivity contribution in [1.29, 1.82) is 0 Å². The van der Waals surface area contributed by atoms with Gasteiger partial charge in [-0.15, -0.1) is 0 Å². The predicted octanol–water partition coefficient (Wildman–Crippen LogP) is 3.24. The second-order valence-corrected chi connectivity index (χ2v) is 8.12. The van der Waals surface area contributed by atoms with E-state index in [2.05, 4.69) is 4.98 Å². The van der Waals surface area contributed by atoms with Crippen LogP contribution in [0.2, 0.25) is 0 Å². The number of aromatic nitrogens is 2. The molecule has 4 rings (SSSR count). The molecule has 1 aliphatic heterocycles. The van der Waals surface area contributed by atoms with Crippen LogP contribution in [-0.2, 0) is 9.59 Å². The molecule has 7 heteroatoms. The van der Waals surface area contributed by atoms with Gasteiger partial charge in [0.2, 0.25) is 11.8 Å². The largest absolute Gasteiger partial charge is 0.282 e. The maximum atomic E-state index is 13.3. The first-order chi connectivity index (χ1) is 14.0. The average Bonchev–Trinajstić information content (AvgIpc) is 3.13. The first kappa shape index (κ1) is 19.4. The van der Waals surface area contributed by atoms with Gasteiger partial charge in [0.05, 0.1) is 22.3 Å². The number of hydrogen-bond acceptors (Lipinski definition) is 5. The van der Waals surface area contributed by atoms with Crippen molar-refractivity contribution in [3.05, 3.63) is 63.9 Å². The summed E-state index contributed by atoms with van der Waals surface area (Å²) in [5.74, 6) is -0.317. The molecule has 1 fully saturated rings. The number of likely N-dealkylation sites (tertiary alicyclic amines) is 1. The number of carbonyl (C=O) groups excluding carboxylic acids is 2. The van der Waals surface area contributed by atoms with Gasteiger partial charge in [-0.25, -0.2) is 4.98 Å². The third kappa shape index (κ3) is 3.70. The van der Waals surface area contributed by atoms with E-state index in [0.29, 0.717) is 35.4 Å². The number of thioether (sulfide) groups is 1. The predicted molar refractivity (Wildman–Crippen MR) is 113 cm³/mol. The van der Waals surface area contributed by atoms with Crippen LogP contribution in [0.5, 0.6) is 0 Å². The molecule has 0 unspecified atom stereocenters. The Bertz CT molecular complexity index is 1190. The lowest BCUT2D eigenvalue weighted by Gasteiger charge is -2.17. The van der Waals surface area contributed by atoms with Gasteiger partial charge in [-0.1, -0.05) is 41.6 Å². The maximum absolute atomic E-state index is 13.3. The summed E-state index contributed by atoms with van der Waals surface area (Å²) >= 11 is 1.19. The summed E-state index contributed by atoms with van der Waals surface area (Å²) < 4.78 is 1.57. The Morgan fingerprint density at radius 3 is 2.66 bits per heavy atom. The highest BCUT2D eigenvalue weighted by Gasteiger charge is 2.27. The molecule has 0 radical (unpaired) electrons. The van der Waals surface area contributed by atoms with Crippen molar-refractivity contribution in [3.63, 3.8) is 0 Å². The summed E-state index contributed by atoms with van der Waals surface area (Å²) in [6.07, 6.45) is 1.12. The van der Waals surface area contributed by atoms with Crippen LogP contribution >= 0.6 is 11.8 Å². The molecule has 2 heterocycles. The van der Waals surface area contributed by atoms with Gasteiger partial charge in [-0.3, -0.25) is 23.9 Å². The highest BCUT2D eigenvalue weighted by molar-refractivity contribution is 7.99. The molecule has 3 aromatic rings. The molecule has 1 aromatic heterocycles. The Morgan fingerprint density at radius 1 is 1.14 bits per heavy atom. The number of carbonyl (C=O) groups is 2. The van der Waals surface area contributed by atoms with Gasteiger partial charge in [-0.2, -0.15) is 0 Å². The van der Waals surface area contributed by atoms with Crippen molar-refractivity contribution in [2.75, 3.05) is 12.3 Å². The van der Waals surface area contributed by atoms with E-state index in [-0.39, 0.29) is 23.1 Å². The molecule has 2 amide bonds. The second-order valence-electron chi connectivity index (χ2n) is 7.17. The van der Waals surface area contributed by atoms with E-state index in [1.54, 1.807) is 16.7 Å².